The first-order valence-electron chi connectivity index (χ1n) is 9.12. The van der Waals surface area contributed by atoms with Crippen molar-refractivity contribution in [3.8, 4) is 0 Å². The monoisotopic (exact) mass is 369 g/mol. The molecule has 1 heterocycles. The van der Waals surface area contributed by atoms with Gasteiger partial charge in [0.2, 0.25) is 0 Å². The van der Waals surface area contributed by atoms with E-state index in [1.807, 2.05) is 6.07 Å². The standard InChI is InChI=1S/C21H27N3OS/c1-16-7-6-10-19(17(16)2)22-21(26)23-20(18-8-4-3-5-9-18)15-24-11-13-25-14-12-24/h3-10,20H,11-15H2,1-2H3,(H2,22,23,26)/t20-/m0/s1. The summed E-state index contributed by atoms with van der Waals surface area (Å²) in [6, 6.07) is 16.9. The van der Waals surface area contributed by atoms with E-state index >= 15 is 0 Å². The third kappa shape index (κ3) is 5.04. The summed E-state index contributed by atoms with van der Waals surface area (Å²) in [4.78, 5) is 2.43. The van der Waals surface area contributed by atoms with Gasteiger partial charge in [-0.1, -0.05) is 42.5 Å². The molecule has 0 saturated carbocycles. The normalized spacial score (nSPS) is 16.1. The largest absolute Gasteiger partial charge is 0.379 e. The maximum atomic E-state index is 5.62. The first kappa shape index (κ1) is 18.8. The minimum Gasteiger partial charge on any atom is -0.379 e. The van der Waals surface area contributed by atoms with Crippen molar-refractivity contribution >= 4 is 23.0 Å². The minimum atomic E-state index is 0.138. The SMILES string of the molecule is Cc1cccc(NC(=S)N[C@@H](CN2CCOCC2)c2ccccc2)c1C. The van der Waals surface area contributed by atoms with E-state index in [1.54, 1.807) is 0 Å². The van der Waals surface area contributed by atoms with Gasteiger partial charge in [-0.25, -0.2) is 0 Å². The van der Waals surface area contributed by atoms with Crippen LogP contribution < -0.4 is 10.6 Å². The van der Waals surface area contributed by atoms with Crippen LogP contribution in [0.1, 0.15) is 22.7 Å². The number of nitrogens with one attached hydrogen (secondary N) is 2. The van der Waals surface area contributed by atoms with E-state index in [4.69, 9.17) is 17.0 Å². The van der Waals surface area contributed by atoms with Crippen molar-refractivity contribution in [2.45, 2.75) is 19.9 Å². The van der Waals surface area contributed by atoms with Gasteiger partial charge >= 0.3 is 0 Å². The van der Waals surface area contributed by atoms with Crippen molar-refractivity contribution in [3.05, 3.63) is 65.2 Å². The summed E-state index contributed by atoms with van der Waals surface area (Å²) in [6.45, 7) is 8.65. The molecule has 26 heavy (non-hydrogen) atoms. The number of nitrogens with zero attached hydrogens (tertiary/aromatic N) is 1. The summed E-state index contributed by atoms with van der Waals surface area (Å²) >= 11 is 5.62. The van der Waals surface area contributed by atoms with E-state index in [1.165, 1.54) is 16.7 Å². The Morgan fingerprint density at radius 3 is 2.54 bits per heavy atom. The van der Waals surface area contributed by atoms with Crippen LogP contribution in [0.5, 0.6) is 0 Å². The molecule has 5 heteroatoms. The van der Waals surface area contributed by atoms with E-state index in [9.17, 15) is 0 Å². The molecule has 0 radical (unpaired) electrons. The molecule has 1 aliphatic heterocycles. The zero-order valence-corrected chi connectivity index (χ0v) is 16.3. The molecule has 0 bridgehead atoms. The Morgan fingerprint density at radius 2 is 1.81 bits per heavy atom. The first-order valence-corrected chi connectivity index (χ1v) is 9.53. The highest BCUT2D eigenvalue weighted by Crippen LogP contribution is 2.19. The molecule has 1 atom stereocenters. The molecule has 2 aromatic rings. The Balaban J connectivity index is 1.70. The summed E-state index contributed by atoms with van der Waals surface area (Å²) in [5.74, 6) is 0. The van der Waals surface area contributed by atoms with Gasteiger partial charge in [-0.3, -0.25) is 4.90 Å². The van der Waals surface area contributed by atoms with Crippen molar-refractivity contribution in [2.24, 2.45) is 0 Å². The van der Waals surface area contributed by atoms with Gasteiger partial charge in [0.15, 0.2) is 5.11 Å². The molecule has 0 aliphatic carbocycles. The van der Waals surface area contributed by atoms with Gasteiger partial charge in [0.25, 0.3) is 0 Å². The number of morpholine rings is 1. The van der Waals surface area contributed by atoms with Crippen LogP contribution in [0.3, 0.4) is 0 Å². The molecule has 2 aromatic carbocycles. The molecule has 4 nitrogen and oxygen atoms in total. The van der Waals surface area contributed by atoms with Crippen molar-refractivity contribution in [3.63, 3.8) is 0 Å². The second-order valence-corrected chi connectivity index (χ2v) is 7.13. The lowest BCUT2D eigenvalue weighted by atomic mass is 10.1. The highest BCUT2D eigenvalue weighted by Gasteiger charge is 2.19. The topological polar surface area (TPSA) is 36.5 Å². The molecule has 0 aromatic heterocycles. The van der Waals surface area contributed by atoms with Crippen molar-refractivity contribution < 1.29 is 4.74 Å². The Morgan fingerprint density at radius 1 is 1.08 bits per heavy atom. The lowest BCUT2D eigenvalue weighted by molar-refractivity contribution is 0.0344. The fourth-order valence-electron chi connectivity index (χ4n) is 3.16. The number of anilines is 1. The van der Waals surface area contributed by atoms with E-state index in [0.29, 0.717) is 5.11 Å². The van der Waals surface area contributed by atoms with Gasteiger partial charge in [-0.05, 0) is 48.8 Å². The quantitative estimate of drug-likeness (QED) is 0.787. The second-order valence-electron chi connectivity index (χ2n) is 6.72. The zero-order valence-electron chi connectivity index (χ0n) is 15.5. The summed E-state index contributed by atoms with van der Waals surface area (Å²) < 4.78 is 5.47. The average Bonchev–Trinajstić information content (AvgIpc) is 2.66. The smallest absolute Gasteiger partial charge is 0.171 e. The summed E-state index contributed by atoms with van der Waals surface area (Å²) in [5, 5.41) is 7.53. The molecule has 1 fully saturated rings. The maximum Gasteiger partial charge on any atom is 0.171 e. The van der Waals surface area contributed by atoms with Gasteiger partial charge in [0.05, 0.1) is 19.3 Å². The number of hydrogen-bond acceptors (Lipinski definition) is 3. The predicted molar refractivity (Wildman–Crippen MR) is 112 cm³/mol. The first-order chi connectivity index (χ1) is 12.6. The van der Waals surface area contributed by atoms with Crippen molar-refractivity contribution in [1.29, 1.82) is 0 Å². The van der Waals surface area contributed by atoms with Gasteiger partial charge in [0.1, 0.15) is 0 Å². The molecule has 3 rings (SSSR count). The number of benzene rings is 2. The third-order valence-corrected chi connectivity index (χ3v) is 5.12. The number of hydrogen-bond donors (Lipinski definition) is 2. The number of thiocarbonyl (C=S) groups is 1. The van der Waals surface area contributed by atoms with Crippen LogP contribution in [-0.2, 0) is 4.74 Å². The van der Waals surface area contributed by atoms with Crippen LogP contribution in [0, 0.1) is 13.8 Å². The van der Waals surface area contributed by atoms with Crippen LogP contribution in [0.4, 0.5) is 5.69 Å². The van der Waals surface area contributed by atoms with E-state index in [0.717, 1.165) is 38.5 Å². The second kappa shape index (κ2) is 9.12. The van der Waals surface area contributed by atoms with Crippen LogP contribution in [0.2, 0.25) is 0 Å². The zero-order chi connectivity index (χ0) is 18.4. The lowest BCUT2D eigenvalue weighted by Crippen LogP contribution is -2.44. The molecule has 0 spiro atoms. The van der Waals surface area contributed by atoms with Gasteiger partial charge in [0, 0.05) is 25.3 Å². The number of ether oxygens (including phenoxy) is 1. The number of rotatable bonds is 5. The van der Waals surface area contributed by atoms with E-state index in [2.05, 4.69) is 71.8 Å². The Hall–Kier alpha value is -1.95. The van der Waals surface area contributed by atoms with Crippen molar-refractivity contribution in [1.82, 2.24) is 10.2 Å². The lowest BCUT2D eigenvalue weighted by Gasteiger charge is -2.31. The summed E-state index contributed by atoms with van der Waals surface area (Å²) in [5.41, 5.74) is 4.77. The number of aryl methyl sites for hydroxylation is 1. The molecule has 138 valence electrons. The minimum absolute atomic E-state index is 0.138. The van der Waals surface area contributed by atoms with Crippen LogP contribution in [0.15, 0.2) is 48.5 Å². The fraction of sp³-hybridized carbons (Fsp3) is 0.381. The van der Waals surface area contributed by atoms with Gasteiger partial charge < -0.3 is 15.4 Å². The molecule has 0 unspecified atom stereocenters. The summed E-state index contributed by atoms with van der Waals surface area (Å²) in [7, 11) is 0. The van der Waals surface area contributed by atoms with Gasteiger partial charge in [-0.15, -0.1) is 0 Å². The molecule has 1 aliphatic rings. The van der Waals surface area contributed by atoms with Crippen LogP contribution >= 0.6 is 12.2 Å². The van der Waals surface area contributed by atoms with Crippen LogP contribution in [0.25, 0.3) is 0 Å². The van der Waals surface area contributed by atoms with Crippen molar-refractivity contribution in [2.75, 3.05) is 38.2 Å². The van der Waals surface area contributed by atoms with E-state index in [-0.39, 0.29) is 6.04 Å². The molecule has 2 N–H and O–H groups in total. The Labute approximate surface area is 161 Å². The molecular weight excluding hydrogens is 342 g/mol. The Kier molecular flexibility index (Phi) is 6.61. The van der Waals surface area contributed by atoms with E-state index < -0.39 is 0 Å². The predicted octanol–water partition coefficient (Wildman–Crippen LogP) is 3.66. The molecular formula is C21H27N3OS. The maximum absolute atomic E-state index is 5.62. The highest BCUT2D eigenvalue weighted by atomic mass is 32.1. The summed E-state index contributed by atoms with van der Waals surface area (Å²) in [6.07, 6.45) is 0. The third-order valence-electron chi connectivity index (χ3n) is 4.90. The highest BCUT2D eigenvalue weighted by molar-refractivity contribution is 7.80. The van der Waals surface area contributed by atoms with Gasteiger partial charge in [-0.2, -0.15) is 0 Å². The molecule has 0 amide bonds. The fourth-order valence-corrected chi connectivity index (χ4v) is 3.42. The Bertz CT molecular complexity index is 729. The van der Waals surface area contributed by atoms with Crippen LogP contribution in [-0.4, -0.2) is 42.9 Å². The average molecular weight is 370 g/mol. The molecule has 1 saturated heterocycles.